The molecule has 1 fully saturated rings. The highest BCUT2D eigenvalue weighted by atomic mass is 32.2. The van der Waals surface area contributed by atoms with Crippen molar-refractivity contribution < 1.29 is 5.11 Å². The average molecular weight is 296 g/mol. The van der Waals surface area contributed by atoms with Crippen LogP contribution in [0.3, 0.4) is 0 Å². The lowest BCUT2D eigenvalue weighted by molar-refractivity contribution is 0.175. The van der Waals surface area contributed by atoms with E-state index >= 15 is 0 Å². The summed E-state index contributed by atoms with van der Waals surface area (Å²) in [7, 11) is 0. The Hall–Kier alpha value is -1.25. The zero-order chi connectivity index (χ0) is 14.2. The Kier molecular flexibility index (Phi) is 3.52. The summed E-state index contributed by atoms with van der Waals surface area (Å²) in [5.74, 6) is 0.727. The largest absolute Gasteiger partial charge is 0.387 e. The van der Waals surface area contributed by atoms with E-state index in [2.05, 4.69) is 48.5 Å². The van der Waals surface area contributed by atoms with Crippen LogP contribution in [-0.4, -0.2) is 10.4 Å². The Morgan fingerprint density at radius 2 is 1.90 bits per heavy atom. The molecule has 4 rings (SSSR count). The molecule has 2 atom stereocenters. The van der Waals surface area contributed by atoms with Gasteiger partial charge in [-0.25, -0.2) is 0 Å². The Balaban J connectivity index is 1.54. The van der Waals surface area contributed by atoms with Crippen molar-refractivity contribution in [3.05, 3.63) is 65.2 Å². The predicted molar refractivity (Wildman–Crippen MR) is 87.8 cm³/mol. The Bertz CT molecular complexity index is 623. The molecule has 108 valence electrons. The lowest BCUT2D eigenvalue weighted by atomic mass is 9.79. The fourth-order valence-corrected chi connectivity index (χ4v) is 4.67. The van der Waals surface area contributed by atoms with Gasteiger partial charge in [-0.1, -0.05) is 48.9 Å². The topological polar surface area (TPSA) is 20.2 Å². The van der Waals surface area contributed by atoms with Gasteiger partial charge in [0.25, 0.3) is 0 Å². The molecule has 0 amide bonds. The smallest absolute Gasteiger partial charge is 0.0915 e. The van der Waals surface area contributed by atoms with E-state index in [0.717, 1.165) is 17.9 Å². The summed E-state index contributed by atoms with van der Waals surface area (Å²) < 4.78 is 0. The van der Waals surface area contributed by atoms with Crippen molar-refractivity contribution in [1.29, 1.82) is 0 Å². The predicted octanol–water partition coefficient (Wildman–Crippen LogP) is 4.70. The van der Waals surface area contributed by atoms with Gasteiger partial charge < -0.3 is 5.11 Å². The summed E-state index contributed by atoms with van der Waals surface area (Å²) in [6.45, 7) is 0. The number of aliphatic hydroxyl groups excluding tert-OH is 1. The SMILES string of the molecule is OC(c1cccc(C2CCC2)c1)C1Cc2ccccc2S1. The minimum absolute atomic E-state index is 0.249. The van der Waals surface area contributed by atoms with Crippen LogP contribution in [0.1, 0.15) is 48.0 Å². The standard InChI is InChI=1S/C19H20OS/c20-19(18-12-15-5-1-2-10-17(15)21-18)16-9-4-8-14(11-16)13-6-3-7-13/h1-2,4-5,8-11,13,18-20H,3,6-7,12H2. The first kappa shape index (κ1) is 13.4. The second kappa shape index (κ2) is 5.51. The van der Waals surface area contributed by atoms with Gasteiger partial charge in [-0.3, -0.25) is 0 Å². The summed E-state index contributed by atoms with van der Waals surface area (Å²) in [6.07, 6.45) is 4.56. The molecule has 2 heteroatoms. The van der Waals surface area contributed by atoms with E-state index < -0.39 is 0 Å². The fourth-order valence-electron chi connectivity index (χ4n) is 3.34. The third-order valence-electron chi connectivity index (χ3n) is 4.85. The minimum atomic E-state index is -0.373. The summed E-state index contributed by atoms with van der Waals surface area (Å²) in [5, 5.41) is 11.0. The number of thioether (sulfide) groups is 1. The summed E-state index contributed by atoms with van der Waals surface area (Å²) >= 11 is 1.82. The quantitative estimate of drug-likeness (QED) is 0.885. The number of hydrogen-bond donors (Lipinski definition) is 1. The van der Waals surface area contributed by atoms with Gasteiger partial charge in [-0.15, -0.1) is 11.8 Å². The minimum Gasteiger partial charge on any atom is -0.387 e. The van der Waals surface area contributed by atoms with E-state index in [1.807, 2.05) is 11.8 Å². The van der Waals surface area contributed by atoms with E-state index in [0.29, 0.717) is 0 Å². The molecule has 2 aliphatic rings. The molecule has 1 nitrogen and oxygen atoms in total. The number of fused-ring (bicyclic) bond motifs is 1. The van der Waals surface area contributed by atoms with Crippen molar-refractivity contribution >= 4 is 11.8 Å². The van der Waals surface area contributed by atoms with Gasteiger partial charge in [0.2, 0.25) is 0 Å². The molecule has 1 N–H and O–H groups in total. The van der Waals surface area contributed by atoms with E-state index in [9.17, 15) is 5.11 Å². The molecule has 0 spiro atoms. The van der Waals surface area contributed by atoms with Crippen LogP contribution in [0, 0.1) is 0 Å². The average Bonchev–Trinajstić information content (AvgIpc) is 2.89. The molecular formula is C19H20OS. The molecule has 0 aromatic heterocycles. The van der Waals surface area contributed by atoms with Gasteiger partial charge in [0.1, 0.15) is 0 Å². The normalized spacial score (nSPS) is 22.6. The summed E-state index contributed by atoms with van der Waals surface area (Å²) in [6, 6.07) is 17.2. The number of hydrogen-bond acceptors (Lipinski definition) is 2. The molecule has 21 heavy (non-hydrogen) atoms. The van der Waals surface area contributed by atoms with Crippen molar-refractivity contribution in [2.45, 2.75) is 47.9 Å². The first-order valence-corrected chi connectivity index (χ1v) is 8.72. The van der Waals surface area contributed by atoms with Crippen LogP contribution in [0.2, 0.25) is 0 Å². The maximum Gasteiger partial charge on any atom is 0.0915 e. The first-order chi connectivity index (χ1) is 10.3. The van der Waals surface area contributed by atoms with Crippen molar-refractivity contribution in [3.8, 4) is 0 Å². The van der Waals surface area contributed by atoms with Gasteiger partial charge >= 0.3 is 0 Å². The fraction of sp³-hybridized carbons (Fsp3) is 0.368. The van der Waals surface area contributed by atoms with E-state index in [-0.39, 0.29) is 11.4 Å². The van der Waals surface area contributed by atoms with Gasteiger partial charge in [0, 0.05) is 10.1 Å². The molecule has 1 heterocycles. The molecular weight excluding hydrogens is 276 g/mol. The van der Waals surface area contributed by atoms with Crippen LogP contribution in [0.25, 0.3) is 0 Å². The molecule has 2 aromatic carbocycles. The van der Waals surface area contributed by atoms with Gasteiger partial charge in [-0.2, -0.15) is 0 Å². The number of aliphatic hydroxyl groups is 1. The summed E-state index contributed by atoms with van der Waals surface area (Å²) in [5.41, 5.74) is 3.88. The van der Waals surface area contributed by atoms with Crippen molar-refractivity contribution in [3.63, 3.8) is 0 Å². The van der Waals surface area contributed by atoms with E-state index in [1.54, 1.807) is 0 Å². The monoisotopic (exact) mass is 296 g/mol. The maximum atomic E-state index is 10.8. The van der Waals surface area contributed by atoms with Gasteiger partial charge in [0.05, 0.1) is 6.10 Å². The van der Waals surface area contributed by atoms with Gasteiger partial charge in [-0.05, 0) is 47.9 Å². The highest BCUT2D eigenvalue weighted by Crippen LogP contribution is 2.43. The van der Waals surface area contributed by atoms with Crippen LogP contribution in [0.5, 0.6) is 0 Å². The lowest BCUT2D eigenvalue weighted by Gasteiger charge is -2.27. The van der Waals surface area contributed by atoms with Crippen molar-refractivity contribution in [1.82, 2.24) is 0 Å². The van der Waals surface area contributed by atoms with Crippen LogP contribution < -0.4 is 0 Å². The summed E-state index contributed by atoms with van der Waals surface area (Å²) in [4.78, 5) is 1.33. The van der Waals surface area contributed by atoms with Crippen LogP contribution >= 0.6 is 11.8 Å². The van der Waals surface area contributed by atoms with E-state index in [4.69, 9.17) is 0 Å². The van der Waals surface area contributed by atoms with Crippen LogP contribution in [0.4, 0.5) is 0 Å². The highest BCUT2D eigenvalue weighted by molar-refractivity contribution is 8.00. The molecule has 0 bridgehead atoms. The molecule has 1 aliphatic carbocycles. The zero-order valence-electron chi connectivity index (χ0n) is 12.0. The van der Waals surface area contributed by atoms with Crippen LogP contribution in [-0.2, 0) is 6.42 Å². The highest BCUT2D eigenvalue weighted by Gasteiger charge is 2.29. The molecule has 1 aliphatic heterocycles. The molecule has 2 aromatic rings. The van der Waals surface area contributed by atoms with Crippen molar-refractivity contribution in [2.24, 2.45) is 0 Å². The van der Waals surface area contributed by atoms with Crippen molar-refractivity contribution in [2.75, 3.05) is 0 Å². The first-order valence-electron chi connectivity index (χ1n) is 7.84. The Morgan fingerprint density at radius 3 is 2.67 bits per heavy atom. The second-order valence-electron chi connectivity index (χ2n) is 6.21. The second-order valence-corrected chi connectivity index (χ2v) is 7.49. The third-order valence-corrected chi connectivity index (χ3v) is 6.23. The zero-order valence-corrected chi connectivity index (χ0v) is 12.9. The maximum absolute atomic E-state index is 10.8. The lowest BCUT2D eigenvalue weighted by Crippen LogP contribution is -2.15. The Labute approximate surface area is 130 Å². The molecule has 0 radical (unpaired) electrons. The third kappa shape index (κ3) is 2.51. The number of benzene rings is 2. The van der Waals surface area contributed by atoms with E-state index in [1.165, 1.54) is 35.3 Å². The van der Waals surface area contributed by atoms with Crippen LogP contribution in [0.15, 0.2) is 53.4 Å². The number of rotatable bonds is 3. The molecule has 1 saturated carbocycles. The van der Waals surface area contributed by atoms with Gasteiger partial charge in [0.15, 0.2) is 0 Å². The molecule has 0 saturated heterocycles. The molecule has 2 unspecified atom stereocenters. The Morgan fingerprint density at radius 1 is 1.05 bits per heavy atom.